The van der Waals surface area contributed by atoms with Gasteiger partial charge in [0.15, 0.2) is 22.3 Å². The number of oxazole rings is 2. The van der Waals surface area contributed by atoms with E-state index in [-0.39, 0.29) is 0 Å². The van der Waals surface area contributed by atoms with Crippen molar-refractivity contribution >= 4 is 100 Å². The minimum atomic E-state index is 0.564. The molecule has 0 N–H and O–H groups in total. The van der Waals surface area contributed by atoms with Gasteiger partial charge in [-0.3, -0.25) is 0 Å². The van der Waals surface area contributed by atoms with Crippen LogP contribution in [-0.4, -0.2) is 9.97 Å². The molecule has 0 atom stereocenters. The van der Waals surface area contributed by atoms with Crippen molar-refractivity contribution < 1.29 is 17.7 Å². The van der Waals surface area contributed by atoms with E-state index >= 15 is 0 Å². The predicted octanol–water partition coefficient (Wildman–Crippen LogP) is 21.0. The second-order valence-electron chi connectivity index (χ2n) is 20.5. The molecule has 0 fully saturated rings. The molecule has 0 aliphatic rings. The van der Waals surface area contributed by atoms with Crippen LogP contribution in [0.15, 0.2) is 297 Å². The molecule has 16 rings (SSSR count). The van der Waals surface area contributed by atoms with Crippen molar-refractivity contribution in [1.29, 1.82) is 0 Å². The smallest absolute Gasteiger partial charge is 0.227 e. The fourth-order valence-electron chi connectivity index (χ4n) is 11.6. The Kier molecular flexibility index (Phi) is 11.0. The van der Waals surface area contributed by atoms with E-state index in [2.05, 4.69) is 186 Å². The zero-order valence-corrected chi connectivity index (χ0v) is 44.0. The molecule has 0 spiro atoms. The topological polar surface area (TPSA) is 84.8 Å². The average molecular weight is 1060 g/mol. The van der Waals surface area contributed by atoms with Crippen molar-refractivity contribution in [2.75, 3.05) is 9.80 Å². The van der Waals surface area contributed by atoms with E-state index in [1.165, 1.54) is 0 Å². The molecule has 8 heteroatoms. The standard InChI is InChI=1S/C74H46N4O4/c1-5-18-50(19-6-1)73-75-61-42-43-66-67(70(61)81-73)60-31-17-32-63(69(60)80-66)78(56-27-11-4-12-28-56)58-29-16-24-54(45-58)53-23-15-22-52(44-53)49-36-34-47(35-37-49)48-38-40-57(41-39-48)77(55-25-9-3-10-26-55)64-46-62-71(82-74(76-62)51-20-7-2-8-21-51)68-59-30-13-14-33-65(59)79-72(64)68/h1-46H. The number of furan rings is 2. The molecule has 8 nitrogen and oxygen atoms in total. The summed E-state index contributed by atoms with van der Waals surface area (Å²) in [7, 11) is 0. The summed E-state index contributed by atoms with van der Waals surface area (Å²) < 4.78 is 26.7. The van der Waals surface area contributed by atoms with E-state index in [0.29, 0.717) is 22.9 Å². The lowest BCUT2D eigenvalue weighted by molar-refractivity contribution is 0.621. The van der Waals surface area contributed by atoms with E-state index in [0.717, 1.165) is 134 Å². The maximum Gasteiger partial charge on any atom is 0.227 e. The first kappa shape index (κ1) is 46.8. The fraction of sp³-hybridized carbons (Fsp3) is 0. The Labute approximate surface area is 470 Å². The molecule has 4 heterocycles. The number of fused-ring (bicyclic) bond motifs is 10. The highest BCUT2D eigenvalue weighted by Gasteiger charge is 2.26. The largest absolute Gasteiger partial charge is 0.454 e. The van der Waals surface area contributed by atoms with E-state index in [1.807, 2.05) is 103 Å². The van der Waals surface area contributed by atoms with Crippen LogP contribution in [0.5, 0.6) is 0 Å². The third-order valence-corrected chi connectivity index (χ3v) is 15.5. The van der Waals surface area contributed by atoms with Crippen LogP contribution in [-0.2, 0) is 0 Å². The SMILES string of the molecule is c1ccc(-c2nc3ccc4oc5c(N(c6ccccc6)c6cccc(-c7cccc(-c8ccc(-c9ccc(N(c%10ccccc%10)c%10cc%11nc(-c%12ccccc%12)oc%11c%11c%10oc%10ccccc%10%11)cc9)cc8)c7)c6)cccc5c4c3o2)cc1. The quantitative estimate of drug-likeness (QED) is 0.127. The van der Waals surface area contributed by atoms with Crippen LogP contribution in [0.3, 0.4) is 0 Å². The molecule has 0 saturated carbocycles. The Balaban J connectivity index is 0.716. The Morgan fingerprint density at radius 3 is 1.38 bits per heavy atom. The second kappa shape index (κ2) is 19.3. The summed E-state index contributed by atoms with van der Waals surface area (Å²) in [5.74, 6) is 1.14. The molecule has 0 unspecified atom stereocenters. The van der Waals surface area contributed by atoms with E-state index < -0.39 is 0 Å². The van der Waals surface area contributed by atoms with Gasteiger partial charge in [-0.25, -0.2) is 9.97 Å². The predicted molar refractivity (Wildman–Crippen MR) is 333 cm³/mol. The fourth-order valence-corrected chi connectivity index (χ4v) is 11.6. The van der Waals surface area contributed by atoms with Gasteiger partial charge in [-0.05, 0) is 143 Å². The van der Waals surface area contributed by atoms with E-state index in [9.17, 15) is 0 Å². The molecule has 0 saturated heterocycles. The Morgan fingerprint density at radius 2 is 0.707 bits per heavy atom. The van der Waals surface area contributed by atoms with Crippen LogP contribution < -0.4 is 9.80 Å². The Bertz CT molecular complexity index is 5030. The van der Waals surface area contributed by atoms with Gasteiger partial charge in [-0.2, -0.15) is 0 Å². The summed E-state index contributed by atoms with van der Waals surface area (Å²) in [6.07, 6.45) is 0. The first-order chi connectivity index (χ1) is 40.6. The molecule has 386 valence electrons. The number of aromatic nitrogens is 2. The van der Waals surface area contributed by atoms with E-state index in [4.69, 9.17) is 27.6 Å². The first-order valence-electron chi connectivity index (χ1n) is 27.4. The first-order valence-corrected chi connectivity index (χ1v) is 27.4. The van der Waals surface area contributed by atoms with Gasteiger partial charge in [-0.15, -0.1) is 0 Å². The summed E-state index contributed by atoms with van der Waals surface area (Å²) in [5, 5.41) is 3.73. The number of rotatable bonds is 11. The molecule has 4 aromatic heterocycles. The summed E-state index contributed by atoms with van der Waals surface area (Å²) >= 11 is 0. The van der Waals surface area contributed by atoms with Crippen LogP contribution in [0, 0.1) is 0 Å². The van der Waals surface area contributed by atoms with Crippen LogP contribution in [0.1, 0.15) is 0 Å². The van der Waals surface area contributed by atoms with Crippen LogP contribution in [0.4, 0.5) is 34.1 Å². The van der Waals surface area contributed by atoms with E-state index in [1.54, 1.807) is 0 Å². The van der Waals surface area contributed by atoms with Crippen molar-refractivity contribution in [2.45, 2.75) is 0 Å². The molecule has 12 aromatic carbocycles. The van der Waals surface area contributed by atoms with Crippen LogP contribution in [0.2, 0.25) is 0 Å². The molecular weight excluding hydrogens is 1010 g/mol. The zero-order valence-electron chi connectivity index (χ0n) is 44.0. The molecule has 82 heavy (non-hydrogen) atoms. The molecule has 16 aromatic rings. The third kappa shape index (κ3) is 8.00. The lowest BCUT2D eigenvalue weighted by Crippen LogP contribution is -2.10. The molecule has 0 amide bonds. The minimum absolute atomic E-state index is 0.564. The number of para-hydroxylation sites is 4. The number of anilines is 6. The molecular formula is C74H46N4O4. The maximum atomic E-state index is 6.80. The summed E-state index contributed by atoms with van der Waals surface area (Å²) in [5.41, 5.74) is 20.2. The molecule has 0 radical (unpaired) electrons. The third-order valence-electron chi connectivity index (χ3n) is 15.5. The highest BCUT2D eigenvalue weighted by atomic mass is 16.4. The average Bonchev–Trinajstić information content (AvgIpc) is 4.45. The number of hydrogen-bond donors (Lipinski definition) is 0. The van der Waals surface area contributed by atoms with Gasteiger partial charge >= 0.3 is 0 Å². The van der Waals surface area contributed by atoms with Crippen molar-refractivity contribution in [3.05, 3.63) is 279 Å². The summed E-state index contributed by atoms with van der Waals surface area (Å²) in [6, 6.07) is 96.5. The number of hydrogen-bond acceptors (Lipinski definition) is 8. The Morgan fingerprint density at radius 1 is 0.244 bits per heavy atom. The monoisotopic (exact) mass is 1050 g/mol. The summed E-state index contributed by atoms with van der Waals surface area (Å²) in [4.78, 5) is 14.5. The highest BCUT2D eigenvalue weighted by molar-refractivity contribution is 6.21. The maximum absolute atomic E-state index is 6.80. The van der Waals surface area contributed by atoms with Gasteiger partial charge in [0.2, 0.25) is 11.8 Å². The second-order valence-corrected chi connectivity index (χ2v) is 20.5. The molecule has 0 aliphatic carbocycles. The summed E-state index contributed by atoms with van der Waals surface area (Å²) in [6.45, 7) is 0. The molecule has 0 bridgehead atoms. The Hall–Kier alpha value is -11.2. The number of benzene rings is 12. The number of nitrogens with zero attached hydrogens (tertiary/aromatic N) is 4. The zero-order chi connectivity index (χ0) is 54.1. The van der Waals surface area contributed by atoms with Gasteiger partial charge in [0.05, 0.1) is 22.1 Å². The highest BCUT2D eigenvalue weighted by Crippen LogP contribution is 2.48. The van der Waals surface area contributed by atoms with Crippen molar-refractivity contribution in [3.8, 4) is 56.3 Å². The lowest BCUT2D eigenvalue weighted by atomic mass is 9.96. The van der Waals surface area contributed by atoms with Crippen molar-refractivity contribution in [3.63, 3.8) is 0 Å². The van der Waals surface area contributed by atoms with Crippen molar-refractivity contribution in [1.82, 2.24) is 9.97 Å². The van der Waals surface area contributed by atoms with Gasteiger partial charge < -0.3 is 27.5 Å². The van der Waals surface area contributed by atoms with Gasteiger partial charge in [-0.1, -0.05) is 170 Å². The van der Waals surface area contributed by atoms with Crippen LogP contribution >= 0.6 is 0 Å². The van der Waals surface area contributed by atoms with Gasteiger partial charge in [0.25, 0.3) is 0 Å². The lowest BCUT2D eigenvalue weighted by Gasteiger charge is -2.26. The minimum Gasteiger partial charge on any atom is -0.454 e. The van der Waals surface area contributed by atoms with Gasteiger partial charge in [0, 0.05) is 44.6 Å². The molecule has 0 aliphatic heterocycles. The van der Waals surface area contributed by atoms with Crippen molar-refractivity contribution in [2.24, 2.45) is 0 Å². The van der Waals surface area contributed by atoms with Gasteiger partial charge in [0.1, 0.15) is 22.2 Å². The van der Waals surface area contributed by atoms with Crippen LogP contribution in [0.25, 0.3) is 122 Å². The normalized spacial score (nSPS) is 11.7.